The van der Waals surface area contributed by atoms with Crippen molar-refractivity contribution in [3.63, 3.8) is 0 Å². The van der Waals surface area contributed by atoms with Crippen LogP contribution in [0.15, 0.2) is 24.3 Å². The van der Waals surface area contributed by atoms with E-state index in [1.165, 1.54) is 0 Å². The minimum absolute atomic E-state index is 0. The molecule has 0 spiro atoms. The van der Waals surface area contributed by atoms with Gasteiger partial charge in [-0.2, -0.15) is 0 Å². The van der Waals surface area contributed by atoms with Gasteiger partial charge in [-0.3, -0.25) is 0 Å². The standard InChI is InChI=1S/C5H5I.Fe/c6-5-3-1-2-4-5;/h1-5H;. The molecule has 7 heavy (non-hydrogen) atoms. The molecule has 0 aromatic carbocycles. The zero-order chi connectivity index (χ0) is 4.41. The molecule has 0 unspecified atom stereocenters. The molecule has 0 fully saturated rings. The van der Waals surface area contributed by atoms with Crippen molar-refractivity contribution in [2.45, 2.75) is 3.92 Å². The summed E-state index contributed by atoms with van der Waals surface area (Å²) in [5.74, 6) is 0. The first-order valence-corrected chi connectivity index (χ1v) is 3.13. The zero-order valence-corrected chi connectivity index (χ0v) is 6.88. The quantitative estimate of drug-likeness (QED) is 0.349. The Morgan fingerprint density at radius 2 is 1.57 bits per heavy atom. The first-order chi connectivity index (χ1) is 2.89. The van der Waals surface area contributed by atoms with E-state index in [0.29, 0.717) is 3.92 Å². The van der Waals surface area contributed by atoms with Gasteiger partial charge in [-0.15, -0.1) is 0 Å². The van der Waals surface area contributed by atoms with E-state index in [2.05, 4.69) is 46.9 Å². The fraction of sp³-hybridized carbons (Fsp3) is 0.200. The second kappa shape index (κ2) is 3.70. The van der Waals surface area contributed by atoms with Gasteiger partial charge >= 0.3 is 0 Å². The Balaban J connectivity index is 0.000000360. The zero-order valence-electron chi connectivity index (χ0n) is 3.62. The van der Waals surface area contributed by atoms with Gasteiger partial charge in [0, 0.05) is 21.0 Å². The van der Waals surface area contributed by atoms with Crippen LogP contribution in [0.5, 0.6) is 0 Å². The van der Waals surface area contributed by atoms with Crippen molar-refractivity contribution >= 4 is 22.6 Å². The van der Waals surface area contributed by atoms with Crippen LogP contribution >= 0.6 is 22.6 Å². The molecular formula is C5H5FeI. The molecule has 0 nitrogen and oxygen atoms in total. The number of hydrogen-bond donors (Lipinski definition) is 0. The minimum atomic E-state index is 0. The van der Waals surface area contributed by atoms with Gasteiger partial charge in [0.05, 0.1) is 0 Å². The topological polar surface area (TPSA) is 0 Å². The van der Waals surface area contributed by atoms with E-state index >= 15 is 0 Å². The molecule has 0 radical (unpaired) electrons. The molecule has 0 aromatic heterocycles. The van der Waals surface area contributed by atoms with Gasteiger partial charge in [0.1, 0.15) is 0 Å². The summed E-state index contributed by atoms with van der Waals surface area (Å²) in [6, 6.07) is 0. The summed E-state index contributed by atoms with van der Waals surface area (Å²) in [6.45, 7) is 0. The van der Waals surface area contributed by atoms with E-state index in [9.17, 15) is 0 Å². The molecular weight excluding hydrogens is 243 g/mol. The molecule has 1 aliphatic carbocycles. The number of alkyl halides is 1. The van der Waals surface area contributed by atoms with E-state index in [4.69, 9.17) is 0 Å². The predicted octanol–water partition coefficient (Wildman–Crippen LogP) is 1.91. The molecule has 0 aliphatic heterocycles. The molecule has 0 bridgehead atoms. The number of rotatable bonds is 0. The van der Waals surface area contributed by atoms with Crippen LogP contribution in [0, 0.1) is 0 Å². The molecule has 0 heterocycles. The summed E-state index contributed by atoms with van der Waals surface area (Å²) in [4.78, 5) is 0. The van der Waals surface area contributed by atoms with Gasteiger partial charge in [0.25, 0.3) is 0 Å². The smallest absolute Gasteiger partial charge is 0.0475 e. The van der Waals surface area contributed by atoms with Crippen LogP contribution in [-0.2, 0) is 17.1 Å². The van der Waals surface area contributed by atoms with Gasteiger partial charge in [-0.25, -0.2) is 0 Å². The van der Waals surface area contributed by atoms with Crippen molar-refractivity contribution in [1.82, 2.24) is 0 Å². The van der Waals surface area contributed by atoms with E-state index in [1.54, 1.807) is 0 Å². The fourth-order valence-corrected chi connectivity index (χ4v) is 0.884. The average molecular weight is 248 g/mol. The maximum absolute atomic E-state index is 2.36. The molecule has 0 saturated heterocycles. The summed E-state index contributed by atoms with van der Waals surface area (Å²) in [7, 11) is 0. The van der Waals surface area contributed by atoms with Crippen LogP contribution in [0.1, 0.15) is 0 Å². The second-order valence-corrected chi connectivity index (χ2v) is 2.65. The molecule has 0 aromatic rings. The molecule has 2 heteroatoms. The van der Waals surface area contributed by atoms with Crippen LogP contribution in [-0.4, -0.2) is 3.92 Å². The third kappa shape index (κ3) is 2.52. The average Bonchev–Trinajstić information content (AvgIpc) is 1.86. The second-order valence-electron chi connectivity index (χ2n) is 1.21. The van der Waals surface area contributed by atoms with E-state index in [0.717, 1.165) is 0 Å². The van der Waals surface area contributed by atoms with Crippen LogP contribution in [0.25, 0.3) is 0 Å². The van der Waals surface area contributed by atoms with Gasteiger partial charge < -0.3 is 0 Å². The number of allylic oxidation sites excluding steroid dienone is 4. The predicted molar refractivity (Wildman–Crippen MR) is 36.1 cm³/mol. The maximum Gasteiger partial charge on any atom is 0.0475 e. The van der Waals surface area contributed by atoms with Gasteiger partial charge in [-0.05, 0) is 0 Å². The molecule has 1 rings (SSSR count). The Hall–Kier alpha value is 0.729. The van der Waals surface area contributed by atoms with Crippen molar-refractivity contribution in [3.8, 4) is 0 Å². The third-order valence-electron chi connectivity index (χ3n) is 0.701. The molecule has 40 valence electrons. The molecule has 0 amide bonds. The summed E-state index contributed by atoms with van der Waals surface area (Å²) in [5.41, 5.74) is 0. The molecule has 1 aliphatic rings. The first-order valence-electron chi connectivity index (χ1n) is 1.88. The Morgan fingerprint density at radius 3 is 1.71 bits per heavy atom. The van der Waals surface area contributed by atoms with Crippen LogP contribution < -0.4 is 0 Å². The van der Waals surface area contributed by atoms with Crippen LogP contribution in [0.3, 0.4) is 0 Å². The number of hydrogen-bond acceptors (Lipinski definition) is 0. The molecule has 0 N–H and O–H groups in total. The van der Waals surface area contributed by atoms with Crippen molar-refractivity contribution in [2.75, 3.05) is 0 Å². The Kier molecular flexibility index (Phi) is 4.08. The number of halogens is 1. The summed E-state index contributed by atoms with van der Waals surface area (Å²) in [5, 5.41) is 0. The summed E-state index contributed by atoms with van der Waals surface area (Å²) < 4.78 is 0.655. The van der Waals surface area contributed by atoms with Crippen molar-refractivity contribution in [3.05, 3.63) is 24.3 Å². The Morgan fingerprint density at radius 1 is 1.14 bits per heavy atom. The van der Waals surface area contributed by atoms with Gasteiger partial charge in [-0.1, -0.05) is 46.9 Å². The van der Waals surface area contributed by atoms with Crippen molar-refractivity contribution < 1.29 is 17.1 Å². The van der Waals surface area contributed by atoms with E-state index < -0.39 is 0 Å². The first kappa shape index (κ1) is 7.73. The SMILES string of the molecule is IC1C=CC=C1.[Fe]. The van der Waals surface area contributed by atoms with Crippen molar-refractivity contribution in [2.24, 2.45) is 0 Å². The maximum atomic E-state index is 2.36. The minimum Gasteiger partial charge on any atom is -0.0735 e. The molecule has 0 atom stereocenters. The van der Waals surface area contributed by atoms with Crippen LogP contribution in [0.4, 0.5) is 0 Å². The molecule has 0 saturated carbocycles. The Labute approximate surface area is 67.7 Å². The van der Waals surface area contributed by atoms with Gasteiger partial charge in [0.15, 0.2) is 0 Å². The summed E-state index contributed by atoms with van der Waals surface area (Å²) in [6.07, 6.45) is 8.44. The normalized spacial score (nSPS) is 17.3. The van der Waals surface area contributed by atoms with Crippen molar-refractivity contribution in [1.29, 1.82) is 0 Å². The third-order valence-corrected chi connectivity index (χ3v) is 1.53. The van der Waals surface area contributed by atoms with Crippen LogP contribution in [0.2, 0.25) is 0 Å². The fourth-order valence-electron chi connectivity index (χ4n) is 0.405. The van der Waals surface area contributed by atoms with E-state index in [-0.39, 0.29) is 17.1 Å². The largest absolute Gasteiger partial charge is 0.0735 e. The monoisotopic (exact) mass is 248 g/mol. The van der Waals surface area contributed by atoms with E-state index in [1.807, 2.05) is 0 Å². The van der Waals surface area contributed by atoms with Gasteiger partial charge in [0.2, 0.25) is 0 Å². The Bertz CT molecular complexity index is 84.3. The summed E-state index contributed by atoms with van der Waals surface area (Å²) >= 11 is 2.36.